The van der Waals surface area contributed by atoms with Gasteiger partial charge >= 0.3 is 5.97 Å². The van der Waals surface area contributed by atoms with Crippen molar-refractivity contribution in [3.8, 4) is 11.6 Å². The first-order chi connectivity index (χ1) is 13.7. The maximum Gasteiger partial charge on any atom is 0.313 e. The summed E-state index contributed by atoms with van der Waals surface area (Å²) in [4.78, 5) is 19.2. The Kier molecular flexibility index (Phi) is 5.91. The SMILES string of the molecule is CC(C(=O)OCCCN1CCCCC1)c1ccc2c(c1)Cc1cccnc1O2. The van der Waals surface area contributed by atoms with Crippen molar-refractivity contribution in [1.82, 2.24) is 9.88 Å². The van der Waals surface area contributed by atoms with E-state index in [0.29, 0.717) is 12.5 Å². The topological polar surface area (TPSA) is 51.7 Å². The van der Waals surface area contributed by atoms with Crippen LogP contribution in [0.2, 0.25) is 0 Å². The summed E-state index contributed by atoms with van der Waals surface area (Å²) in [6.45, 7) is 5.78. The number of piperidine rings is 1. The predicted molar refractivity (Wildman–Crippen MR) is 108 cm³/mol. The van der Waals surface area contributed by atoms with Crippen molar-refractivity contribution in [3.63, 3.8) is 0 Å². The zero-order valence-corrected chi connectivity index (χ0v) is 16.5. The highest BCUT2D eigenvalue weighted by Crippen LogP contribution is 2.36. The van der Waals surface area contributed by atoms with Crippen LogP contribution in [0.1, 0.15) is 55.2 Å². The van der Waals surface area contributed by atoms with Gasteiger partial charge in [0, 0.05) is 24.7 Å². The Morgan fingerprint density at radius 3 is 2.93 bits per heavy atom. The molecule has 0 radical (unpaired) electrons. The van der Waals surface area contributed by atoms with Crippen LogP contribution in [-0.4, -0.2) is 42.1 Å². The highest BCUT2D eigenvalue weighted by molar-refractivity contribution is 5.78. The lowest BCUT2D eigenvalue weighted by atomic mass is 9.95. The summed E-state index contributed by atoms with van der Waals surface area (Å²) >= 11 is 0. The van der Waals surface area contributed by atoms with Crippen molar-refractivity contribution in [1.29, 1.82) is 0 Å². The lowest BCUT2D eigenvalue weighted by Crippen LogP contribution is -2.31. The Bertz CT molecular complexity index is 830. The number of benzene rings is 1. The molecule has 1 unspecified atom stereocenters. The quantitative estimate of drug-likeness (QED) is 0.471. The minimum absolute atomic E-state index is 0.155. The Morgan fingerprint density at radius 1 is 1.21 bits per heavy atom. The number of carbonyl (C=O) groups excluding carboxylic acids is 1. The van der Waals surface area contributed by atoms with Crippen LogP contribution < -0.4 is 4.74 Å². The standard InChI is InChI=1S/C23H28N2O3/c1-17(23(26)27-14-6-13-25-11-3-2-4-12-25)18-8-9-21-20(15-18)16-19-7-5-10-24-22(19)28-21/h5,7-10,15,17H,2-4,6,11-14,16H2,1H3. The number of likely N-dealkylation sites (tertiary alicyclic amines) is 1. The van der Waals surface area contributed by atoms with Crippen LogP contribution in [0, 0.1) is 0 Å². The van der Waals surface area contributed by atoms with E-state index in [2.05, 4.69) is 16.0 Å². The normalized spacial score (nSPS) is 17.2. The summed E-state index contributed by atoms with van der Waals surface area (Å²) in [5.41, 5.74) is 3.12. The molecule has 0 bridgehead atoms. The van der Waals surface area contributed by atoms with Gasteiger partial charge in [0.25, 0.3) is 0 Å². The molecule has 1 aromatic heterocycles. The molecule has 0 aliphatic carbocycles. The maximum absolute atomic E-state index is 12.5. The number of pyridine rings is 1. The minimum Gasteiger partial charge on any atom is -0.465 e. The number of esters is 1. The predicted octanol–water partition coefficient (Wildman–Crippen LogP) is 4.30. The minimum atomic E-state index is -0.282. The third-order valence-electron chi connectivity index (χ3n) is 5.69. The molecule has 1 saturated heterocycles. The van der Waals surface area contributed by atoms with Gasteiger partial charge < -0.3 is 14.4 Å². The molecule has 2 aliphatic heterocycles. The molecule has 0 spiro atoms. The molecular formula is C23H28N2O3. The van der Waals surface area contributed by atoms with Gasteiger partial charge in [-0.05, 0) is 62.5 Å². The van der Waals surface area contributed by atoms with E-state index < -0.39 is 0 Å². The van der Waals surface area contributed by atoms with Crippen molar-refractivity contribution in [2.24, 2.45) is 0 Å². The van der Waals surface area contributed by atoms with E-state index >= 15 is 0 Å². The monoisotopic (exact) mass is 380 g/mol. The van der Waals surface area contributed by atoms with Gasteiger partial charge in [-0.3, -0.25) is 4.79 Å². The van der Waals surface area contributed by atoms with Crippen molar-refractivity contribution in [2.75, 3.05) is 26.2 Å². The number of ether oxygens (including phenoxy) is 2. The van der Waals surface area contributed by atoms with E-state index in [1.807, 2.05) is 31.2 Å². The number of hydrogen-bond acceptors (Lipinski definition) is 5. The third-order valence-corrected chi connectivity index (χ3v) is 5.69. The van der Waals surface area contributed by atoms with E-state index in [9.17, 15) is 4.79 Å². The Labute approximate surface area is 166 Å². The molecule has 0 saturated carbocycles. The molecule has 1 fully saturated rings. The van der Waals surface area contributed by atoms with E-state index in [4.69, 9.17) is 9.47 Å². The molecule has 0 amide bonds. The molecule has 28 heavy (non-hydrogen) atoms. The summed E-state index contributed by atoms with van der Waals surface area (Å²) in [6, 6.07) is 9.89. The third kappa shape index (κ3) is 4.36. The van der Waals surface area contributed by atoms with Gasteiger partial charge in [-0.25, -0.2) is 4.98 Å². The zero-order chi connectivity index (χ0) is 19.3. The smallest absolute Gasteiger partial charge is 0.313 e. The van der Waals surface area contributed by atoms with Gasteiger partial charge in [0.05, 0.1) is 12.5 Å². The van der Waals surface area contributed by atoms with Gasteiger partial charge in [0.1, 0.15) is 5.75 Å². The number of hydrogen-bond donors (Lipinski definition) is 0. The van der Waals surface area contributed by atoms with Crippen molar-refractivity contribution in [2.45, 2.75) is 44.9 Å². The first-order valence-corrected chi connectivity index (χ1v) is 10.3. The molecule has 1 aromatic carbocycles. The highest BCUT2D eigenvalue weighted by Gasteiger charge is 2.22. The average molecular weight is 380 g/mol. The molecule has 3 heterocycles. The lowest BCUT2D eigenvalue weighted by Gasteiger charge is -2.26. The average Bonchev–Trinajstić information content (AvgIpc) is 2.75. The second-order valence-electron chi connectivity index (χ2n) is 7.76. The van der Waals surface area contributed by atoms with Gasteiger partial charge in [0.2, 0.25) is 5.88 Å². The summed E-state index contributed by atoms with van der Waals surface area (Å²) in [7, 11) is 0. The van der Waals surface area contributed by atoms with Crippen molar-refractivity contribution in [3.05, 3.63) is 53.2 Å². The fraction of sp³-hybridized carbons (Fsp3) is 0.478. The van der Waals surface area contributed by atoms with Crippen molar-refractivity contribution < 1.29 is 14.3 Å². The Hall–Kier alpha value is -2.40. The Balaban J connectivity index is 1.31. The number of rotatable bonds is 6. The van der Waals surface area contributed by atoms with E-state index in [1.165, 1.54) is 32.4 Å². The van der Waals surface area contributed by atoms with Gasteiger partial charge in [-0.15, -0.1) is 0 Å². The number of carbonyl (C=O) groups is 1. The Morgan fingerprint density at radius 2 is 2.07 bits per heavy atom. The molecule has 148 valence electrons. The maximum atomic E-state index is 12.5. The summed E-state index contributed by atoms with van der Waals surface area (Å²) in [5.74, 6) is 1.05. The highest BCUT2D eigenvalue weighted by atomic mass is 16.5. The van der Waals surface area contributed by atoms with E-state index in [-0.39, 0.29) is 11.9 Å². The molecule has 2 aliphatic rings. The summed E-state index contributed by atoms with van der Waals surface area (Å²) < 4.78 is 11.4. The first-order valence-electron chi connectivity index (χ1n) is 10.3. The second kappa shape index (κ2) is 8.74. The van der Waals surface area contributed by atoms with Crippen LogP contribution in [-0.2, 0) is 16.0 Å². The molecular weight excluding hydrogens is 352 g/mol. The molecule has 1 atom stereocenters. The lowest BCUT2D eigenvalue weighted by molar-refractivity contribution is -0.145. The second-order valence-corrected chi connectivity index (χ2v) is 7.76. The number of aromatic nitrogens is 1. The van der Waals surface area contributed by atoms with E-state index in [1.54, 1.807) is 6.20 Å². The van der Waals surface area contributed by atoms with Gasteiger partial charge in [-0.2, -0.15) is 0 Å². The number of nitrogens with zero attached hydrogens (tertiary/aromatic N) is 2. The zero-order valence-electron chi connectivity index (χ0n) is 16.5. The molecule has 4 rings (SSSR count). The van der Waals surface area contributed by atoms with E-state index in [0.717, 1.165) is 41.8 Å². The number of fused-ring (bicyclic) bond motifs is 2. The van der Waals surface area contributed by atoms with Crippen LogP contribution in [0.3, 0.4) is 0 Å². The van der Waals surface area contributed by atoms with Gasteiger partial charge in [0.15, 0.2) is 0 Å². The van der Waals surface area contributed by atoms with Crippen molar-refractivity contribution >= 4 is 5.97 Å². The molecule has 5 nitrogen and oxygen atoms in total. The van der Waals surface area contributed by atoms with Crippen LogP contribution >= 0.6 is 0 Å². The summed E-state index contributed by atoms with van der Waals surface area (Å²) in [5, 5.41) is 0. The largest absolute Gasteiger partial charge is 0.465 e. The van der Waals surface area contributed by atoms with Crippen LogP contribution in [0.15, 0.2) is 36.5 Å². The fourth-order valence-electron chi connectivity index (χ4n) is 3.97. The fourth-order valence-corrected chi connectivity index (χ4v) is 3.97. The molecule has 2 aromatic rings. The van der Waals surface area contributed by atoms with Crippen LogP contribution in [0.4, 0.5) is 0 Å². The van der Waals surface area contributed by atoms with Crippen LogP contribution in [0.5, 0.6) is 11.6 Å². The first kappa shape index (κ1) is 18.9. The molecule has 0 N–H and O–H groups in total. The van der Waals surface area contributed by atoms with Crippen LogP contribution in [0.25, 0.3) is 0 Å². The van der Waals surface area contributed by atoms with Gasteiger partial charge in [-0.1, -0.05) is 24.6 Å². The molecule has 5 heteroatoms. The summed E-state index contributed by atoms with van der Waals surface area (Å²) in [6.07, 6.45) is 7.33.